The summed E-state index contributed by atoms with van der Waals surface area (Å²) in [5.41, 5.74) is 7.71. The van der Waals surface area contributed by atoms with Crippen LogP contribution in [-0.2, 0) is 6.54 Å². The quantitative estimate of drug-likeness (QED) is 0.419. The van der Waals surface area contributed by atoms with Crippen molar-refractivity contribution in [3.05, 3.63) is 107 Å². The molecular weight excluding hydrogens is 440 g/mol. The van der Waals surface area contributed by atoms with Crippen LogP contribution < -0.4 is 15.6 Å². The molecule has 0 aliphatic carbocycles. The van der Waals surface area contributed by atoms with Gasteiger partial charge in [0.25, 0.3) is 11.8 Å². The number of amides is 2. The Morgan fingerprint density at radius 1 is 0.879 bits per heavy atom. The SMILES string of the molecule is COc1ccc(-c2nn(Cc3ccccc3)cc2C(=O)NNC(=O)c2ccccc2Cl)cc1. The molecule has 166 valence electrons. The van der Waals surface area contributed by atoms with Gasteiger partial charge in [0.05, 0.1) is 29.8 Å². The van der Waals surface area contributed by atoms with Crippen molar-refractivity contribution in [2.75, 3.05) is 7.11 Å². The van der Waals surface area contributed by atoms with Gasteiger partial charge in [-0.1, -0.05) is 54.1 Å². The third kappa shape index (κ3) is 5.22. The number of nitrogens with zero attached hydrogens (tertiary/aromatic N) is 2. The number of benzene rings is 3. The maximum Gasteiger partial charge on any atom is 0.273 e. The lowest BCUT2D eigenvalue weighted by Crippen LogP contribution is -2.41. The standard InChI is InChI=1S/C25H21ClN4O3/c1-33-19-13-11-18(12-14-19)23-21(16-30(29-23)15-17-7-3-2-4-8-17)25(32)28-27-24(31)20-9-5-6-10-22(20)26/h2-14,16H,15H2,1H3,(H,27,31)(H,28,32). The molecule has 2 amide bonds. The van der Waals surface area contributed by atoms with Crippen LogP contribution in [0, 0.1) is 0 Å². The van der Waals surface area contributed by atoms with Crippen LogP contribution in [0.15, 0.2) is 85.1 Å². The van der Waals surface area contributed by atoms with E-state index in [4.69, 9.17) is 16.3 Å². The predicted octanol–water partition coefficient (Wildman–Crippen LogP) is 4.34. The minimum atomic E-state index is -0.517. The van der Waals surface area contributed by atoms with E-state index in [-0.39, 0.29) is 5.56 Å². The lowest BCUT2D eigenvalue weighted by Gasteiger charge is -2.08. The second kappa shape index (κ2) is 10.0. The van der Waals surface area contributed by atoms with Gasteiger partial charge in [-0.05, 0) is 42.0 Å². The van der Waals surface area contributed by atoms with E-state index in [0.717, 1.165) is 11.1 Å². The molecule has 3 aromatic carbocycles. The first kappa shape index (κ1) is 22.1. The Morgan fingerprint density at radius 3 is 2.18 bits per heavy atom. The molecule has 4 rings (SSSR count). The molecule has 0 atom stereocenters. The number of hydrazine groups is 1. The zero-order valence-corrected chi connectivity index (χ0v) is 18.5. The van der Waals surface area contributed by atoms with Crippen LogP contribution in [0.5, 0.6) is 5.75 Å². The number of aromatic nitrogens is 2. The Hall–Kier alpha value is -4.10. The monoisotopic (exact) mass is 460 g/mol. The lowest BCUT2D eigenvalue weighted by atomic mass is 10.1. The fraction of sp³-hybridized carbons (Fsp3) is 0.0800. The molecule has 0 fully saturated rings. The average Bonchev–Trinajstić information content (AvgIpc) is 3.27. The molecule has 0 aliphatic rings. The first-order chi connectivity index (χ1) is 16.0. The molecule has 1 aromatic heterocycles. The van der Waals surface area contributed by atoms with Crippen molar-refractivity contribution >= 4 is 23.4 Å². The van der Waals surface area contributed by atoms with Gasteiger partial charge in [-0.25, -0.2) is 0 Å². The molecule has 1 heterocycles. The molecule has 0 saturated heterocycles. The highest BCUT2D eigenvalue weighted by molar-refractivity contribution is 6.33. The van der Waals surface area contributed by atoms with E-state index in [1.165, 1.54) is 0 Å². The van der Waals surface area contributed by atoms with Gasteiger partial charge in [-0.15, -0.1) is 0 Å². The van der Waals surface area contributed by atoms with Crippen molar-refractivity contribution in [1.29, 1.82) is 0 Å². The number of hydrogen-bond acceptors (Lipinski definition) is 4. The largest absolute Gasteiger partial charge is 0.497 e. The number of ether oxygens (including phenoxy) is 1. The third-order valence-corrected chi connectivity index (χ3v) is 5.29. The summed E-state index contributed by atoms with van der Waals surface area (Å²) in [4.78, 5) is 25.4. The van der Waals surface area contributed by atoms with Crippen LogP contribution in [0.25, 0.3) is 11.3 Å². The van der Waals surface area contributed by atoms with Crippen LogP contribution in [-0.4, -0.2) is 28.7 Å². The van der Waals surface area contributed by atoms with E-state index in [1.54, 1.807) is 54.4 Å². The second-order valence-corrected chi connectivity index (χ2v) is 7.60. The summed E-state index contributed by atoms with van der Waals surface area (Å²) in [5, 5.41) is 4.92. The van der Waals surface area contributed by atoms with E-state index in [1.807, 2.05) is 42.5 Å². The Labute approximate surface area is 195 Å². The topological polar surface area (TPSA) is 85.2 Å². The fourth-order valence-electron chi connectivity index (χ4n) is 3.29. The van der Waals surface area contributed by atoms with Gasteiger partial charge in [-0.2, -0.15) is 5.10 Å². The number of halogens is 1. The van der Waals surface area contributed by atoms with Crippen LogP contribution in [0.3, 0.4) is 0 Å². The summed E-state index contributed by atoms with van der Waals surface area (Å²) in [6.07, 6.45) is 1.66. The zero-order chi connectivity index (χ0) is 23.2. The average molecular weight is 461 g/mol. The number of hydrogen-bond donors (Lipinski definition) is 2. The molecule has 0 unspecified atom stereocenters. The van der Waals surface area contributed by atoms with Gasteiger partial charge < -0.3 is 4.74 Å². The number of nitrogens with one attached hydrogen (secondary N) is 2. The highest BCUT2D eigenvalue weighted by Crippen LogP contribution is 2.25. The summed E-state index contributed by atoms with van der Waals surface area (Å²) in [6.45, 7) is 0.489. The number of methoxy groups -OCH3 is 1. The molecule has 0 spiro atoms. The van der Waals surface area contributed by atoms with Gasteiger partial charge in [0.2, 0.25) is 0 Å². The predicted molar refractivity (Wildman–Crippen MR) is 126 cm³/mol. The molecule has 8 heteroatoms. The molecule has 0 bridgehead atoms. The third-order valence-electron chi connectivity index (χ3n) is 4.97. The highest BCUT2D eigenvalue weighted by atomic mass is 35.5. The smallest absolute Gasteiger partial charge is 0.273 e. The normalized spacial score (nSPS) is 10.5. The van der Waals surface area contributed by atoms with E-state index in [0.29, 0.717) is 28.6 Å². The van der Waals surface area contributed by atoms with Crippen molar-refractivity contribution in [1.82, 2.24) is 20.6 Å². The minimum absolute atomic E-state index is 0.259. The molecule has 0 radical (unpaired) electrons. The van der Waals surface area contributed by atoms with E-state index >= 15 is 0 Å². The Bertz CT molecular complexity index is 1270. The molecule has 2 N–H and O–H groups in total. The summed E-state index contributed by atoms with van der Waals surface area (Å²) in [6, 6.07) is 23.6. The maximum absolute atomic E-state index is 13.0. The fourth-order valence-corrected chi connectivity index (χ4v) is 3.52. The van der Waals surface area contributed by atoms with Gasteiger partial charge >= 0.3 is 0 Å². The number of carbonyl (C=O) groups is 2. The van der Waals surface area contributed by atoms with Crippen LogP contribution in [0.2, 0.25) is 5.02 Å². The summed E-state index contributed by atoms with van der Waals surface area (Å²) in [5.74, 6) is -0.322. The summed E-state index contributed by atoms with van der Waals surface area (Å²) in [7, 11) is 1.59. The zero-order valence-electron chi connectivity index (χ0n) is 17.8. The first-order valence-electron chi connectivity index (χ1n) is 10.2. The number of carbonyl (C=O) groups excluding carboxylic acids is 2. The Balaban J connectivity index is 1.59. The van der Waals surface area contributed by atoms with Gasteiger partial charge in [-0.3, -0.25) is 25.1 Å². The van der Waals surface area contributed by atoms with E-state index in [9.17, 15) is 9.59 Å². The second-order valence-electron chi connectivity index (χ2n) is 7.19. The lowest BCUT2D eigenvalue weighted by molar-refractivity contribution is 0.0847. The molecule has 4 aromatic rings. The van der Waals surface area contributed by atoms with Crippen molar-refractivity contribution in [3.8, 4) is 17.0 Å². The van der Waals surface area contributed by atoms with Crippen LogP contribution in [0.4, 0.5) is 0 Å². The van der Waals surface area contributed by atoms with Crippen molar-refractivity contribution in [2.24, 2.45) is 0 Å². The highest BCUT2D eigenvalue weighted by Gasteiger charge is 2.19. The van der Waals surface area contributed by atoms with E-state index in [2.05, 4.69) is 16.0 Å². The van der Waals surface area contributed by atoms with Crippen molar-refractivity contribution in [2.45, 2.75) is 6.54 Å². The minimum Gasteiger partial charge on any atom is -0.497 e. The molecule has 0 aliphatic heterocycles. The van der Waals surface area contributed by atoms with Gasteiger partial charge in [0.15, 0.2) is 0 Å². The van der Waals surface area contributed by atoms with Crippen LogP contribution >= 0.6 is 11.6 Å². The summed E-state index contributed by atoms with van der Waals surface area (Å²) < 4.78 is 6.91. The Kier molecular flexibility index (Phi) is 6.71. The summed E-state index contributed by atoms with van der Waals surface area (Å²) >= 11 is 6.06. The molecular formula is C25H21ClN4O3. The van der Waals surface area contributed by atoms with Gasteiger partial charge in [0, 0.05) is 11.8 Å². The maximum atomic E-state index is 13.0. The molecule has 33 heavy (non-hydrogen) atoms. The number of rotatable bonds is 6. The Morgan fingerprint density at radius 2 is 1.52 bits per heavy atom. The molecule has 0 saturated carbocycles. The van der Waals surface area contributed by atoms with Gasteiger partial charge in [0.1, 0.15) is 11.4 Å². The van der Waals surface area contributed by atoms with Crippen LogP contribution in [0.1, 0.15) is 26.3 Å². The first-order valence-corrected chi connectivity index (χ1v) is 10.5. The molecule has 7 nitrogen and oxygen atoms in total. The van der Waals surface area contributed by atoms with E-state index < -0.39 is 11.8 Å². The van der Waals surface area contributed by atoms with Crippen molar-refractivity contribution < 1.29 is 14.3 Å². The van der Waals surface area contributed by atoms with Crippen molar-refractivity contribution in [3.63, 3.8) is 0 Å².